The predicted octanol–water partition coefficient (Wildman–Crippen LogP) is 4.30. The second-order valence-corrected chi connectivity index (χ2v) is 5.49. The molecule has 1 aliphatic heterocycles. The average molecular weight is 264 g/mol. The number of anilines is 1. The first kappa shape index (κ1) is 12.9. The lowest BCUT2D eigenvalue weighted by atomic mass is 10.0. The molecule has 0 bridgehead atoms. The largest absolute Gasteiger partial charge is 0.321 e. The van der Waals surface area contributed by atoms with Crippen LogP contribution in [0.25, 0.3) is 0 Å². The van der Waals surface area contributed by atoms with Gasteiger partial charge in [0.1, 0.15) is 5.84 Å². The molecule has 0 amide bonds. The Balaban J connectivity index is 2.01. The highest BCUT2D eigenvalue weighted by Gasteiger charge is 2.31. The van der Waals surface area contributed by atoms with E-state index in [1.807, 2.05) is 0 Å². The molecule has 1 aliphatic rings. The van der Waals surface area contributed by atoms with E-state index in [4.69, 9.17) is 4.99 Å². The van der Waals surface area contributed by atoms with E-state index < -0.39 is 0 Å². The summed E-state index contributed by atoms with van der Waals surface area (Å²) in [7, 11) is 0. The smallest absolute Gasteiger partial charge is 0.107 e. The third-order valence-electron chi connectivity index (χ3n) is 3.72. The predicted molar refractivity (Wildman–Crippen MR) is 85.2 cm³/mol. The molecule has 0 aliphatic carbocycles. The van der Waals surface area contributed by atoms with E-state index in [1.165, 1.54) is 17.1 Å². The number of hydrogen-bond donors (Lipinski definition) is 0. The maximum absolute atomic E-state index is 4.79. The van der Waals surface area contributed by atoms with Crippen LogP contribution < -0.4 is 4.90 Å². The monoisotopic (exact) mass is 264 g/mol. The molecule has 102 valence electrons. The van der Waals surface area contributed by atoms with Gasteiger partial charge in [-0.1, -0.05) is 62.4 Å². The van der Waals surface area contributed by atoms with Crippen molar-refractivity contribution >= 4 is 11.5 Å². The van der Waals surface area contributed by atoms with Crippen molar-refractivity contribution in [3.05, 3.63) is 66.2 Å². The van der Waals surface area contributed by atoms with E-state index >= 15 is 0 Å². The molecule has 0 saturated carbocycles. The second kappa shape index (κ2) is 5.49. The van der Waals surface area contributed by atoms with Crippen molar-refractivity contribution in [1.29, 1.82) is 0 Å². The molecule has 0 aromatic heterocycles. The molecule has 0 saturated heterocycles. The molecule has 0 spiro atoms. The van der Waals surface area contributed by atoms with Crippen molar-refractivity contribution in [3.63, 3.8) is 0 Å². The van der Waals surface area contributed by atoms with Crippen molar-refractivity contribution < 1.29 is 0 Å². The zero-order chi connectivity index (χ0) is 13.9. The number of aliphatic imine (C=N–C) groups is 1. The van der Waals surface area contributed by atoms with Gasteiger partial charge in [0.25, 0.3) is 0 Å². The van der Waals surface area contributed by atoms with Gasteiger partial charge in [0.05, 0.1) is 12.6 Å². The Morgan fingerprint density at radius 1 is 0.950 bits per heavy atom. The van der Waals surface area contributed by atoms with Crippen molar-refractivity contribution in [2.45, 2.75) is 19.9 Å². The van der Waals surface area contributed by atoms with Crippen LogP contribution in [0.2, 0.25) is 0 Å². The fourth-order valence-electron chi connectivity index (χ4n) is 2.79. The summed E-state index contributed by atoms with van der Waals surface area (Å²) in [4.78, 5) is 7.18. The zero-order valence-corrected chi connectivity index (χ0v) is 12.0. The minimum Gasteiger partial charge on any atom is -0.321 e. The van der Waals surface area contributed by atoms with Crippen LogP contribution in [0.1, 0.15) is 25.5 Å². The van der Waals surface area contributed by atoms with Crippen LogP contribution in [-0.4, -0.2) is 12.4 Å². The highest BCUT2D eigenvalue weighted by molar-refractivity contribution is 6.01. The van der Waals surface area contributed by atoms with Crippen LogP contribution >= 0.6 is 0 Å². The number of amidine groups is 1. The van der Waals surface area contributed by atoms with E-state index in [0.717, 1.165) is 6.54 Å². The lowest BCUT2D eigenvalue weighted by molar-refractivity contribution is 0.757. The molecule has 2 nitrogen and oxygen atoms in total. The fraction of sp³-hybridized carbons (Fsp3) is 0.278. The first-order valence-corrected chi connectivity index (χ1v) is 7.21. The summed E-state index contributed by atoms with van der Waals surface area (Å²) in [5, 5.41) is 0. The summed E-state index contributed by atoms with van der Waals surface area (Å²) in [6.45, 7) is 5.26. The minimum atomic E-state index is 0.316. The van der Waals surface area contributed by atoms with Gasteiger partial charge in [0.2, 0.25) is 0 Å². The number of rotatable bonds is 3. The summed E-state index contributed by atoms with van der Waals surface area (Å²) in [6, 6.07) is 21.5. The Morgan fingerprint density at radius 2 is 1.55 bits per heavy atom. The van der Waals surface area contributed by atoms with Gasteiger partial charge in [-0.15, -0.1) is 0 Å². The zero-order valence-electron chi connectivity index (χ0n) is 12.0. The lowest BCUT2D eigenvalue weighted by Crippen LogP contribution is -2.33. The summed E-state index contributed by atoms with van der Waals surface area (Å²) < 4.78 is 0. The molecule has 1 heterocycles. The van der Waals surface area contributed by atoms with Gasteiger partial charge in [-0.25, -0.2) is 0 Å². The maximum atomic E-state index is 4.79. The minimum absolute atomic E-state index is 0.316. The molecule has 0 fully saturated rings. The Kier molecular flexibility index (Phi) is 3.55. The highest BCUT2D eigenvalue weighted by atomic mass is 15.3. The Bertz CT molecular complexity index is 587. The van der Waals surface area contributed by atoms with Gasteiger partial charge in [-0.2, -0.15) is 0 Å². The molecule has 2 aromatic carbocycles. The Labute approximate surface area is 120 Å². The number of hydrogen-bond acceptors (Lipinski definition) is 2. The molecular formula is C18H20N2. The van der Waals surface area contributed by atoms with Crippen LogP contribution in [0.15, 0.2) is 65.7 Å². The first-order valence-electron chi connectivity index (χ1n) is 7.21. The lowest BCUT2D eigenvalue weighted by Gasteiger charge is -2.30. The SMILES string of the molecule is CC(C)C1=NCC(c2ccccc2)N1c1ccccc1. The van der Waals surface area contributed by atoms with Gasteiger partial charge in [-0.05, 0) is 17.7 Å². The van der Waals surface area contributed by atoms with Crippen molar-refractivity contribution in [1.82, 2.24) is 0 Å². The van der Waals surface area contributed by atoms with Gasteiger partial charge in [-0.3, -0.25) is 4.99 Å². The number of nitrogens with zero attached hydrogens (tertiary/aromatic N) is 2. The van der Waals surface area contributed by atoms with Crippen molar-refractivity contribution in [2.24, 2.45) is 10.9 Å². The van der Waals surface area contributed by atoms with E-state index in [9.17, 15) is 0 Å². The molecule has 1 atom stereocenters. The quantitative estimate of drug-likeness (QED) is 0.807. The summed E-state index contributed by atoms with van der Waals surface area (Å²) in [5.41, 5.74) is 2.56. The van der Waals surface area contributed by atoms with E-state index in [0.29, 0.717) is 12.0 Å². The topological polar surface area (TPSA) is 15.6 Å². The summed E-state index contributed by atoms with van der Waals surface area (Å²) in [6.07, 6.45) is 0. The van der Waals surface area contributed by atoms with Gasteiger partial charge in [0.15, 0.2) is 0 Å². The molecule has 3 rings (SSSR count). The van der Waals surface area contributed by atoms with Crippen LogP contribution in [0.4, 0.5) is 5.69 Å². The van der Waals surface area contributed by atoms with Crippen LogP contribution in [-0.2, 0) is 0 Å². The maximum Gasteiger partial charge on any atom is 0.107 e. The third kappa shape index (κ3) is 2.34. The highest BCUT2D eigenvalue weighted by Crippen LogP contribution is 2.33. The summed E-state index contributed by atoms with van der Waals surface area (Å²) >= 11 is 0. The normalized spacial score (nSPS) is 18.4. The first-order chi connectivity index (χ1) is 9.77. The Hall–Kier alpha value is -2.09. The molecule has 0 N–H and O–H groups in total. The second-order valence-electron chi connectivity index (χ2n) is 5.49. The molecule has 0 radical (unpaired) electrons. The molecule has 2 heteroatoms. The van der Waals surface area contributed by atoms with Gasteiger partial charge in [0, 0.05) is 11.6 Å². The molecule has 1 unspecified atom stereocenters. The number of benzene rings is 2. The van der Waals surface area contributed by atoms with Crippen molar-refractivity contribution in [3.8, 4) is 0 Å². The van der Waals surface area contributed by atoms with Gasteiger partial charge < -0.3 is 4.90 Å². The van der Waals surface area contributed by atoms with E-state index in [1.54, 1.807) is 0 Å². The van der Waals surface area contributed by atoms with Crippen LogP contribution in [0.5, 0.6) is 0 Å². The van der Waals surface area contributed by atoms with Crippen molar-refractivity contribution in [2.75, 3.05) is 11.4 Å². The molecule has 2 aromatic rings. The number of para-hydroxylation sites is 1. The van der Waals surface area contributed by atoms with Gasteiger partial charge >= 0.3 is 0 Å². The average Bonchev–Trinajstić information content (AvgIpc) is 2.94. The Morgan fingerprint density at radius 3 is 2.15 bits per heavy atom. The third-order valence-corrected chi connectivity index (χ3v) is 3.72. The molecular weight excluding hydrogens is 244 g/mol. The van der Waals surface area contributed by atoms with Crippen LogP contribution in [0, 0.1) is 5.92 Å². The van der Waals surface area contributed by atoms with Crippen LogP contribution in [0.3, 0.4) is 0 Å². The van der Waals surface area contributed by atoms with E-state index in [-0.39, 0.29) is 0 Å². The fourth-order valence-corrected chi connectivity index (χ4v) is 2.79. The standard InChI is InChI=1S/C18H20N2/c1-14(2)18-19-13-17(15-9-5-3-6-10-15)20(18)16-11-7-4-8-12-16/h3-12,14,17H,13H2,1-2H3. The molecule has 20 heavy (non-hydrogen) atoms. The van der Waals surface area contributed by atoms with E-state index in [2.05, 4.69) is 79.4 Å². The summed E-state index contributed by atoms with van der Waals surface area (Å²) in [5.74, 6) is 1.62.